The van der Waals surface area contributed by atoms with Gasteiger partial charge in [0.2, 0.25) is 0 Å². The summed E-state index contributed by atoms with van der Waals surface area (Å²) < 4.78 is 41.8. The lowest BCUT2D eigenvalue weighted by Gasteiger charge is -2.20. The summed E-state index contributed by atoms with van der Waals surface area (Å²) in [7, 11) is 0. The number of benzene rings is 1. The van der Waals surface area contributed by atoms with Crippen molar-refractivity contribution in [2.75, 3.05) is 13.2 Å². The topological polar surface area (TPSA) is 41.5 Å². The number of rotatable bonds is 6. The Morgan fingerprint density at radius 3 is 2.60 bits per heavy atom. The van der Waals surface area contributed by atoms with Crippen LogP contribution in [0.25, 0.3) is 0 Å². The van der Waals surface area contributed by atoms with Gasteiger partial charge in [-0.15, -0.1) is 0 Å². The maximum Gasteiger partial charge on any atom is 0.417 e. The molecule has 0 saturated carbocycles. The summed E-state index contributed by atoms with van der Waals surface area (Å²) in [5, 5.41) is 12.5. The van der Waals surface area contributed by atoms with Crippen LogP contribution in [0.4, 0.5) is 13.2 Å². The number of nitrogens with one attached hydrogen (secondary N) is 1. The highest BCUT2D eigenvalue weighted by Crippen LogP contribution is 2.29. The second-order valence-electron chi connectivity index (χ2n) is 4.33. The van der Waals surface area contributed by atoms with Crippen LogP contribution in [0.2, 0.25) is 5.02 Å². The summed E-state index contributed by atoms with van der Waals surface area (Å²) in [6, 6.07) is 4.52. The zero-order valence-corrected chi connectivity index (χ0v) is 11.9. The third-order valence-corrected chi connectivity index (χ3v) is 2.96. The van der Waals surface area contributed by atoms with E-state index in [4.69, 9.17) is 21.4 Å². The highest BCUT2D eigenvalue weighted by molar-refractivity contribution is 6.30. The molecule has 2 atom stereocenters. The van der Waals surface area contributed by atoms with Gasteiger partial charge >= 0.3 is 6.18 Å². The van der Waals surface area contributed by atoms with Gasteiger partial charge in [-0.1, -0.05) is 18.5 Å². The molecule has 1 aromatic rings. The van der Waals surface area contributed by atoms with Crippen LogP contribution < -0.4 is 10.1 Å². The van der Waals surface area contributed by atoms with Gasteiger partial charge in [-0.2, -0.15) is 13.2 Å². The molecule has 1 rings (SSSR count). The fourth-order valence-corrected chi connectivity index (χ4v) is 1.85. The van der Waals surface area contributed by atoms with E-state index in [0.717, 1.165) is 0 Å². The van der Waals surface area contributed by atoms with E-state index < -0.39 is 18.9 Å². The molecule has 2 N–H and O–H groups in total. The van der Waals surface area contributed by atoms with Gasteiger partial charge in [0, 0.05) is 16.6 Å². The van der Waals surface area contributed by atoms with E-state index in [1.807, 2.05) is 13.8 Å². The highest BCUT2D eigenvalue weighted by atomic mass is 35.5. The molecular formula is C13H17ClF3NO2. The lowest BCUT2D eigenvalue weighted by molar-refractivity contribution is -0.210. The monoisotopic (exact) mass is 311 g/mol. The highest BCUT2D eigenvalue weighted by Gasteiger charge is 2.38. The number of aliphatic hydroxyl groups is 1. The standard InChI is InChI=1S/C13H17ClF3NO2/c1-3-18-8(2)10-6-9(14)4-5-11(10)20-7-12(19)13(15,16)17/h4-6,8,12,18-19H,3,7H2,1-2H3. The molecule has 0 radical (unpaired) electrons. The molecule has 20 heavy (non-hydrogen) atoms. The minimum atomic E-state index is -4.69. The van der Waals surface area contributed by atoms with Crippen LogP contribution in [0, 0.1) is 0 Å². The van der Waals surface area contributed by atoms with Gasteiger partial charge in [-0.05, 0) is 31.7 Å². The lowest BCUT2D eigenvalue weighted by Crippen LogP contribution is -2.34. The van der Waals surface area contributed by atoms with Crippen LogP contribution in [0.1, 0.15) is 25.5 Å². The van der Waals surface area contributed by atoms with Crippen molar-refractivity contribution in [2.24, 2.45) is 0 Å². The zero-order valence-electron chi connectivity index (χ0n) is 11.2. The maximum absolute atomic E-state index is 12.2. The van der Waals surface area contributed by atoms with E-state index in [0.29, 0.717) is 17.1 Å². The molecule has 7 heteroatoms. The summed E-state index contributed by atoms with van der Waals surface area (Å²) in [5.41, 5.74) is 0.647. The average molecular weight is 312 g/mol. The Balaban J connectivity index is 2.84. The smallest absolute Gasteiger partial charge is 0.417 e. The van der Waals surface area contributed by atoms with Crippen molar-refractivity contribution in [1.82, 2.24) is 5.32 Å². The maximum atomic E-state index is 12.2. The van der Waals surface area contributed by atoms with Crippen molar-refractivity contribution in [3.8, 4) is 5.75 Å². The Morgan fingerprint density at radius 2 is 2.05 bits per heavy atom. The molecule has 0 amide bonds. The van der Waals surface area contributed by atoms with Crippen LogP contribution in [-0.2, 0) is 0 Å². The zero-order chi connectivity index (χ0) is 15.3. The van der Waals surface area contributed by atoms with Crippen molar-refractivity contribution >= 4 is 11.6 Å². The SMILES string of the molecule is CCNC(C)c1cc(Cl)ccc1OCC(O)C(F)(F)F. The number of hydrogen-bond donors (Lipinski definition) is 2. The minimum Gasteiger partial charge on any atom is -0.490 e. The van der Waals surface area contributed by atoms with Gasteiger partial charge in [-0.25, -0.2) is 0 Å². The molecule has 0 saturated heterocycles. The van der Waals surface area contributed by atoms with Crippen LogP contribution in [0.15, 0.2) is 18.2 Å². The number of hydrogen-bond acceptors (Lipinski definition) is 3. The first-order valence-electron chi connectivity index (χ1n) is 6.16. The van der Waals surface area contributed by atoms with Crippen molar-refractivity contribution in [1.29, 1.82) is 0 Å². The first kappa shape index (κ1) is 17.1. The molecule has 0 fully saturated rings. The summed E-state index contributed by atoms with van der Waals surface area (Å²) in [5.74, 6) is 0.270. The fourth-order valence-electron chi connectivity index (χ4n) is 1.67. The second-order valence-corrected chi connectivity index (χ2v) is 4.77. The summed E-state index contributed by atoms with van der Waals surface area (Å²) in [6.07, 6.45) is -7.21. The summed E-state index contributed by atoms with van der Waals surface area (Å²) >= 11 is 5.88. The fraction of sp³-hybridized carbons (Fsp3) is 0.538. The molecule has 2 unspecified atom stereocenters. The molecule has 0 aliphatic carbocycles. The Labute approximate surface area is 120 Å². The van der Waals surface area contributed by atoms with E-state index in [-0.39, 0.29) is 11.8 Å². The van der Waals surface area contributed by atoms with Crippen molar-refractivity contribution < 1.29 is 23.0 Å². The Morgan fingerprint density at radius 1 is 1.40 bits per heavy atom. The summed E-state index contributed by atoms with van der Waals surface area (Å²) in [4.78, 5) is 0. The van der Waals surface area contributed by atoms with Gasteiger partial charge in [-0.3, -0.25) is 0 Å². The molecule has 3 nitrogen and oxygen atoms in total. The van der Waals surface area contributed by atoms with E-state index >= 15 is 0 Å². The lowest BCUT2D eigenvalue weighted by atomic mass is 10.1. The van der Waals surface area contributed by atoms with Crippen LogP contribution in [0.3, 0.4) is 0 Å². The van der Waals surface area contributed by atoms with Crippen molar-refractivity contribution in [2.45, 2.75) is 32.2 Å². The van der Waals surface area contributed by atoms with Gasteiger partial charge < -0.3 is 15.2 Å². The van der Waals surface area contributed by atoms with Gasteiger partial charge in [0.05, 0.1) is 0 Å². The second kappa shape index (κ2) is 7.15. The predicted molar refractivity (Wildman–Crippen MR) is 71.1 cm³/mol. The quantitative estimate of drug-likeness (QED) is 0.847. The number of ether oxygens (including phenoxy) is 1. The minimum absolute atomic E-state index is 0.128. The Hall–Kier alpha value is -0.980. The molecule has 0 aliphatic heterocycles. The van der Waals surface area contributed by atoms with Crippen LogP contribution >= 0.6 is 11.6 Å². The van der Waals surface area contributed by atoms with Gasteiger partial charge in [0.15, 0.2) is 6.10 Å². The average Bonchev–Trinajstić information content (AvgIpc) is 2.36. The normalized spacial score (nSPS) is 14.9. The van der Waals surface area contributed by atoms with Crippen molar-refractivity contribution in [3.63, 3.8) is 0 Å². The van der Waals surface area contributed by atoms with Gasteiger partial charge in [0.25, 0.3) is 0 Å². The van der Waals surface area contributed by atoms with Gasteiger partial charge in [0.1, 0.15) is 12.4 Å². The molecule has 0 heterocycles. The van der Waals surface area contributed by atoms with E-state index in [9.17, 15) is 13.2 Å². The predicted octanol–water partition coefficient (Wildman–Crippen LogP) is 3.31. The van der Waals surface area contributed by atoms with E-state index in [2.05, 4.69) is 5.32 Å². The number of halogens is 4. The largest absolute Gasteiger partial charge is 0.490 e. The first-order chi connectivity index (χ1) is 9.25. The molecule has 0 aromatic heterocycles. The van der Waals surface area contributed by atoms with Crippen LogP contribution in [-0.4, -0.2) is 30.5 Å². The third-order valence-electron chi connectivity index (χ3n) is 2.72. The van der Waals surface area contributed by atoms with E-state index in [1.54, 1.807) is 6.07 Å². The number of aliphatic hydroxyl groups excluding tert-OH is 1. The molecule has 1 aromatic carbocycles. The summed E-state index contributed by atoms with van der Waals surface area (Å²) in [6.45, 7) is 3.60. The first-order valence-corrected chi connectivity index (χ1v) is 6.54. The Kier molecular flexibility index (Phi) is 6.10. The number of alkyl halides is 3. The van der Waals surface area contributed by atoms with Crippen molar-refractivity contribution in [3.05, 3.63) is 28.8 Å². The van der Waals surface area contributed by atoms with Crippen LogP contribution in [0.5, 0.6) is 5.75 Å². The molecule has 0 aliphatic rings. The third kappa shape index (κ3) is 4.85. The molecular weight excluding hydrogens is 295 g/mol. The Bertz CT molecular complexity index is 440. The van der Waals surface area contributed by atoms with E-state index in [1.165, 1.54) is 12.1 Å². The molecule has 0 bridgehead atoms. The molecule has 114 valence electrons. The molecule has 0 spiro atoms.